The summed E-state index contributed by atoms with van der Waals surface area (Å²) in [6.07, 6.45) is 1.06. The van der Waals surface area contributed by atoms with Gasteiger partial charge in [0.25, 0.3) is 15.9 Å². The minimum atomic E-state index is -3.73. The normalized spacial score (nSPS) is 16.2. The number of halogens is 1. The zero-order valence-electron chi connectivity index (χ0n) is 12.2. The largest absolute Gasteiger partial charge is 0.270 e. The van der Waals surface area contributed by atoms with E-state index in [1.165, 1.54) is 24.3 Å². The summed E-state index contributed by atoms with van der Waals surface area (Å²) in [5, 5.41) is 1.09. The number of amides is 1. The number of nitrogens with one attached hydrogen (secondary N) is 1. The Morgan fingerprint density at radius 2 is 1.87 bits per heavy atom. The monoisotopic (exact) mass is 334 g/mol. The number of hydrazine groups is 1. The van der Waals surface area contributed by atoms with Gasteiger partial charge in [-0.3, -0.25) is 9.80 Å². The summed E-state index contributed by atoms with van der Waals surface area (Å²) in [4.78, 5) is 14.6. The molecule has 1 aliphatic rings. The molecule has 0 atom stereocenters. The molecule has 3 rings (SSSR count). The van der Waals surface area contributed by atoms with Crippen molar-refractivity contribution < 1.29 is 17.6 Å². The molecule has 1 N–H and O–H groups in total. The Kier molecular flexibility index (Phi) is 4.14. The first-order valence-corrected chi connectivity index (χ1v) is 8.63. The SMILES string of the molecule is O=C1c2ccccc2S(=O)(=O)NN1CCCc1cccc(F)c1. The van der Waals surface area contributed by atoms with E-state index < -0.39 is 10.0 Å². The van der Waals surface area contributed by atoms with Gasteiger partial charge in [-0.15, -0.1) is 4.83 Å². The average molecular weight is 334 g/mol. The third-order valence-electron chi connectivity index (χ3n) is 3.62. The summed E-state index contributed by atoms with van der Waals surface area (Å²) in [6.45, 7) is 0.211. The molecule has 0 aliphatic carbocycles. The fourth-order valence-corrected chi connectivity index (χ4v) is 3.80. The van der Waals surface area contributed by atoms with E-state index in [4.69, 9.17) is 0 Å². The lowest BCUT2D eigenvalue weighted by atomic mass is 10.1. The first-order chi connectivity index (χ1) is 11.0. The Bertz CT molecular complexity index is 852. The Morgan fingerprint density at radius 1 is 1.09 bits per heavy atom. The van der Waals surface area contributed by atoms with E-state index in [0.29, 0.717) is 12.8 Å². The zero-order chi connectivity index (χ0) is 16.4. The number of carbonyl (C=O) groups excluding carboxylic acids is 1. The van der Waals surface area contributed by atoms with E-state index in [-0.39, 0.29) is 28.7 Å². The van der Waals surface area contributed by atoms with Crippen LogP contribution in [0.4, 0.5) is 4.39 Å². The molecule has 2 aromatic rings. The van der Waals surface area contributed by atoms with Crippen LogP contribution in [-0.2, 0) is 16.4 Å². The molecule has 0 fully saturated rings. The lowest BCUT2D eigenvalue weighted by Gasteiger charge is -2.28. The Hall–Kier alpha value is -2.25. The first kappa shape index (κ1) is 15.6. The Balaban J connectivity index is 1.71. The van der Waals surface area contributed by atoms with E-state index in [1.54, 1.807) is 24.3 Å². The Morgan fingerprint density at radius 3 is 2.65 bits per heavy atom. The second-order valence-corrected chi connectivity index (χ2v) is 6.91. The maximum atomic E-state index is 13.1. The van der Waals surface area contributed by atoms with Crippen molar-refractivity contribution in [2.45, 2.75) is 17.7 Å². The molecule has 0 saturated heterocycles. The smallest absolute Gasteiger partial charge is 0.268 e. The van der Waals surface area contributed by atoms with Crippen LogP contribution in [0.1, 0.15) is 22.3 Å². The lowest BCUT2D eigenvalue weighted by Crippen LogP contribution is -2.50. The lowest BCUT2D eigenvalue weighted by molar-refractivity contribution is 0.0700. The average Bonchev–Trinajstić information content (AvgIpc) is 2.52. The molecule has 7 heteroatoms. The first-order valence-electron chi connectivity index (χ1n) is 7.15. The number of rotatable bonds is 4. The second-order valence-electron chi connectivity index (χ2n) is 5.28. The van der Waals surface area contributed by atoms with Crippen molar-refractivity contribution in [2.75, 3.05) is 6.54 Å². The van der Waals surface area contributed by atoms with E-state index in [1.807, 2.05) is 0 Å². The van der Waals surface area contributed by atoms with Crippen LogP contribution in [0, 0.1) is 5.82 Å². The van der Waals surface area contributed by atoms with Crippen LogP contribution in [0.5, 0.6) is 0 Å². The summed E-state index contributed by atoms with van der Waals surface area (Å²) in [6, 6.07) is 12.3. The zero-order valence-corrected chi connectivity index (χ0v) is 13.0. The highest BCUT2D eigenvalue weighted by Gasteiger charge is 2.33. The number of benzene rings is 2. The maximum absolute atomic E-state index is 13.1. The number of hydrogen-bond acceptors (Lipinski definition) is 3. The number of carbonyl (C=O) groups is 1. The second kappa shape index (κ2) is 6.10. The van der Waals surface area contributed by atoms with Gasteiger partial charge in [-0.2, -0.15) is 0 Å². The van der Waals surface area contributed by atoms with Gasteiger partial charge >= 0.3 is 0 Å². The predicted octanol–water partition coefficient (Wildman–Crippen LogP) is 2.11. The number of hydrogen-bond donors (Lipinski definition) is 1. The van der Waals surface area contributed by atoms with Crippen molar-refractivity contribution in [3.05, 3.63) is 65.5 Å². The highest BCUT2D eigenvalue weighted by molar-refractivity contribution is 7.89. The summed E-state index contributed by atoms with van der Waals surface area (Å²) in [5.41, 5.74) is 0.967. The van der Waals surface area contributed by atoms with Crippen molar-refractivity contribution in [2.24, 2.45) is 0 Å². The fourth-order valence-electron chi connectivity index (χ4n) is 2.54. The standard InChI is InChI=1S/C16H15FN2O3S/c17-13-7-3-5-12(11-13)6-4-10-19-16(20)14-8-1-2-9-15(14)23(21,22)18-19/h1-3,5,7-9,11,18H,4,6,10H2. The molecule has 23 heavy (non-hydrogen) atoms. The minimum Gasteiger partial charge on any atom is -0.268 e. The van der Waals surface area contributed by atoms with Crippen LogP contribution >= 0.6 is 0 Å². The molecular weight excluding hydrogens is 319 g/mol. The molecule has 120 valence electrons. The van der Waals surface area contributed by atoms with E-state index in [0.717, 1.165) is 10.6 Å². The molecule has 5 nitrogen and oxygen atoms in total. The molecule has 1 amide bonds. The molecule has 0 aromatic heterocycles. The van der Waals surface area contributed by atoms with Crippen molar-refractivity contribution in [3.63, 3.8) is 0 Å². The van der Waals surface area contributed by atoms with E-state index >= 15 is 0 Å². The van der Waals surface area contributed by atoms with Gasteiger partial charge in [0.05, 0.1) is 10.5 Å². The van der Waals surface area contributed by atoms with Gasteiger partial charge in [-0.25, -0.2) is 12.8 Å². The molecule has 1 heterocycles. The topological polar surface area (TPSA) is 66.5 Å². The third kappa shape index (κ3) is 3.25. The molecular formula is C16H15FN2O3S. The third-order valence-corrected chi connectivity index (χ3v) is 5.01. The molecule has 0 saturated carbocycles. The minimum absolute atomic E-state index is 0.00798. The fraction of sp³-hybridized carbons (Fsp3) is 0.188. The van der Waals surface area contributed by atoms with Gasteiger partial charge in [-0.05, 0) is 42.7 Å². The van der Waals surface area contributed by atoms with Crippen molar-refractivity contribution in [1.82, 2.24) is 9.84 Å². The van der Waals surface area contributed by atoms with Gasteiger partial charge < -0.3 is 0 Å². The molecule has 1 aliphatic heterocycles. The number of sulfonamides is 1. The maximum Gasteiger partial charge on any atom is 0.270 e. The molecule has 0 unspecified atom stereocenters. The van der Waals surface area contributed by atoms with E-state index in [2.05, 4.69) is 4.83 Å². The van der Waals surface area contributed by atoms with Crippen molar-refractivity contribution in [1.29, 1.82) is 0 Å². The molecule has 0 spiro atoms. The van der Waals surface area contributed by atoms with Gasteiger partial charge in [0.1, 0.15) is 5.82 Å². The van der Waals surface area contributed by atoms with Crippen LogP contribution in [0.2, 0.25) is 0 Å². The van der Waals surface area contributed by atoms with Gasteiger partial charge in [0.15, 0.2) is 0 Å². The molecule has 0 radical (unpaired) electrons. The summed E-state index contributed by atoms with van der Waals surface area (Å²) in [5.74, 6) is -0.694. The summed E-state index contributed by atoms with van der Waals surface area (Å²) < 4.78 is 37.4. The van der Waals surface area contributed by atoms with Gasteiger partial charge in [-0.1, -0.05) is 24.3 Å². The number of aryl methyl sites for hydroxylation is 1. The van der Waals surface area contributed by atoms with Gasteiger partial charge in [0, 0.05) is 6.54 Å². The van der Waals surface area contributed by atoms with Crippen LogP contribution in [0.3, 0.4) is 0 Å². The van der Waals surface area contributed by atoms with E-state index in [9.17, 15) is 17.6 Å². The van der Waals surface area contributed by atoms with Crippen LogP contribution in [-0.4, -0.2) is 25.9 Å². The van der Waals surface area contributed by atoms with Crippen molar-refractivity contribution in [3.8, 4) is 0 Å². The number of nitrogens with zero attached hydrogens (tertiary/aromatic N) is 1. The van der Waals surface area contributed by atoms with Crippen LogP contribution in [0.15, 0.2) is 53.4 Å². The quantitative estimate of drug-likeness (QED) is 0.931. The van der Waals surface area contributed by atoms with Crippen LogP contribution in [0.25, 0.3) is 0 Å². The Labute approximate surface area is 133 Å². The van der Waals surface area contributed by atoms with Gasteiger partial charge in [0.2, 0.25) is 0 Å². The predicted molar refractivity (Wildman–Crippen MR) is 82.5 cm³/mol. The summed E-state index contributed by atoms with van der Waals surface area (Å²) in [7, 11) is -3.73. The summed E-state index contributed by atoms with van der Waals surface area (Å²) >= 11 is 0. The molecule has 2 aromatic carbocycles. The highest BCUT2D eigenvalue weighted by atomic mass is 32.2. The molecule has 0 bridgehead atoms. The van der Waals surface area contributed by atoms with Crippen LogP contribution < -0.4 is 4.83 Å². The number of fused-ring (bicyclic) bond motifs is 1. The van der Waals surface area contributed by atoms with Crippen molar-refractivity contribution >= 4 is 15.9 Å². The highest BCUT2D eigenvalue weighted by Crippen LogP contribution is 2.22.